The fourth-order valence-corrected chi connectivity index (χ4v) is 3.03. The minimum atomic E-state index is -1.00. The van der Waals surface area contributed by atoms with Gasteiger partial charge < -0.3 is 14.8 Å². The first-order chi connectivity index (χ1) is 14.4. The Hall–Kier alpha value is -3.35. The molecule has 2 amide bonds. The summed E-state index contributed by atoms with van der Waals surface area (Å²) in [7, 11) is 0. The van der Waals surface area contributed by atoms with Gasteiger partial charge in [-0.05, 0) is 77.8 Å². The molecule has 166 valence electrons. The smallest absolute Gasteiger partial charge is 0.412 e. The number of nitrogens with one attached hydrogen (secondary N) is 2. The minimum Gasteiger partial charge on any atom is -0.449 e. The van der Waals surface area contributed by atoms with Gasteiger partial charge in [0.2, 0.25) is 0 Å². The number of carbonyl (C=O) groups excluding carboxylic acids is 3. The van der Waals surface area contributed by atoms with Crippen LogP contribution in [-0.2, 0) is 14.3 Å². The van der Waals surface area contributed by atoms with Crippen LogP contribution < -0.4 is 10.6 Å². The molecule has 0 saturated heterocycles. The Bertz CT molecular complexity index is 969. The third kappa shape index (κ3) is 7.13. The number of esters is 1. The van der Waals surface area contributed by atoms with Gasteiger partial charge in [0.25, 0.3) is 5.91 Å². The van der Waals surface area contributed by atoms with Gasteiger partial charge in [-0.3, -0.25) is 10.1 Å². The van der Waals surface area contributed by atoms with Crippen molar-refractivity contribution in [3.8, 4) is 0 Å². The van der Waals surface area contributed by atoms with E-state index in [9.17, 15) is 14.4 Å². The summed E-state index contributed by atoms with van der Waals surface area (Å²) in [4.78, 5) is 37.0. The molecule has 0 fully saturated rings. The molecule has 2 rings (SSSR count). The highest BCUT2D eigenvalue weighted by molar-refractivity contribution is 5.98. The number of carbonyl (C=O) groups is 3. The molecule has 2 N–H and O–H groups in total. The highest BCUT2D eigenvalue weighted by Gasteiger charge is 2.21. The number of aryl methyl sites for hydroxylation is 3. The maximum Gasteiger partial charge on any atom is 0.412 e. The maximum absolute atomic E-state index is 12.6. The monoisotopic (exact) mass is 426 g/mol. The average Bonchev–Trinajstić information content (AvgIpc) is 2.62. The Balaban J connectivity index is 2.03. The molecule has 1 atom stereocenters. The zero-order valence-corrected chi connectivity index (χ0v) is 19.1. The van der Waals surface area contributed by atoms with E-state index in [1.54, 1.807) is 39.0 Å². The molecule has 0 bridgehead atoms. The highest BCUT2D eigenvalue weighted by Crippen LogP contribution is 2.22. The second kappa shape index (κ2) is 9.64. The normalized spacial score (nSPS) is 12.0. The summed E-state index contributed by atoms with van der Waals surface area (Å²) in [6, 6.07) is 10.2. The van der Waals surface area contributed by atoms with Crippen molar-refractivity contribution in [3.05, 3.63) is 58.7 Å². The fourth-order valence-electron chi connectivity index (χ4n) is 3.03. The van der Waals surface area contributed by atoms with Gasteiger partial charge >= 0.3 is 12.1 Å². The quantitative estimate of drug-likeness (QED) is 0.646. The lowest BCUT2D eigenvalue weighted by Crippen LogP contribution is -2.30. The molecule has 0 unspecified atom stereocenters. The zero-order chi connectivity index (χ0) is 23.3. The Labute approximate surface area is 183 Å². The third-order valence-electron chi connectivity index (χ3n) is 4.32. The summed E-state index contributed by atoms with van der Waals surface area (Å²) in [6.07, 6.45) is -1.63. The second-order valence-electron chi connectivity index (χ2n) is 8.52. The Morgan fingerprint density at radius 2 is 1.55 bits per heavy atom. The standard InChI is InChI=1S/C24H30N2O5/c1-14-11-15(2)20(16(3)12-14)26-21(27)17(4)30-22(28)18-9-8-10-19(13-18)25-23(29)31-24(5,6)7/h8-13,17H,1-7H3,(H,25,29)(H,26,27)/t17-/m1/s1. The number of rotatable bonds is 5. The van der Waals surface area contributed by atoms with Gasteiger partial charge in [-0.2, -0.15) is 0 Å². The van der Waals surface area contributed by atoms with Crippen molar-refractivity contribution in [2.75, 3.05) is 10.6 Å². The van der Waals surface area contributed by atoms with Crippen molar-refractivity contribution in [1.29, 1.82) is 0 Å². The Morgan fingerprint density at radius 1 is 0.935 bits per heavy atom. The van der Waals surface area contributed by atoms with Gasteiger partial charge in [-0.15, -0.1) is 0 Å². The molecule has 7 nitrogen and oxygen atoms in total. The summed E-state index contributed by atoms with van der Waals surface area (Å²) in [5, 5.41) is 5.40. The van der Waals surface area contributed by atoms with E-state index in [0.29, 0.717) is 11.4 Å². The van der Waals surface area contributed by atoms with Crippen LogP contribution in [0.25, 0.3) is 0 Å². The lowest BCUT2D eigenvalue weighted by molar-refractivity contribution is -0.123. The Morgan fingerprint density at radius 3 is 2.13 bits per heavy atom. The van der Waals surface area contributed by atoms with Gasteiger partial charge in [0.1, 0.15) is 5.60 Å². The molecule has 0 aliphatic rings. The van der Waals surface area contributed by atoms with Crippen molar-refractivity contribution in [2.24, 2.45) is 0 Å². The second-order valence-corrected chi connectivity index (χ2v) is 8.52. The van der Waals surface area contributed by atoms with E-state index in [1.165, 1.54) is 13.0 Å². The molecule has 0 spiro atoms. The zero-order valence-electron chi connectivity index (χ0n) is 19.1. The van der Waals surface area contributed by atoms with Crippen molar-refractivity contribution < 1.29 is 23.9 Å². The van der Waals surface area contributed by atoms with E-state index in [-0.39, 0.29) is 5.56 Å². The molecule has 0 aliphatic heterocycles. The summed E-state index contributed by atoms with van der Waals surface area (Å²) >= 11 is 0. The molecule has 2 aromatic rings. The SMILES string of the molecule is Cc1cc(C)c(NC(=O)[C@@H](C)OC(=O)c2cccc(NC(=O)OC(C)(C)C)c2)c(C)c1. The highest BCUT2D eigenvalue weighted by atomic mass is 16.6. The van der Waals surface area contributed by atoms with Crippen LogP contribution in [0.5, 0.6) is 0 Å². The van der Waals surface area contributed by atoms with Crippen LogP contribution in [0.4, 0.5) is 16.2 Å². The number of anilines is 2. The van der Waals surface area contributed by atoms with Crippen molar-refractivity contribution in [3.63, 3.8) is 0 Å². The van der Waals surface area contributed by atoms with E-state index in [4.69, 9.17) is 9.47 Å². The number of amides is 2. The van der Waals surface area contributed by atoms with Crippen LogP contribution in [0.3, 0.4) is 0 Å². The van der Waals surface area contributed by atoms with E-state index in [1.807, 2.05) is 32.9 Å². The molecule has 0 aliphatic carbocycles. The van der Waals surface area contributed by atoms with Gasteiger partial charge in [-0.25, -0.2) is 9.59 Å². The lowest BCUT2D eigenvalue weighted by atomic mass is 10.0. The first-order valence-corrected chi connectivity index (χ1v) is 10.1. The van der Waals surface area contributed by atoms with Gasteiger partial charge in [0.15, 0.2) is 6.10 Å². The summed E-state index contributed by atoms with van der Waals surface area (Å²) in [6.45, 7) is 12.6. The molecule has 2 aromatic carbocycles. The van der Waals surface area contributed by atoms with Crippen molar-refractivity contribution >= 4 is 29.3 Å². The number of ether oxygens (including phenoxy) is 2. The molecule has 7 heteroatoms. The van der Waals surface area contributed by atoms with Crippen LogP contribution in [0.15, 0.2) is 36.4 Å². The largest absolute Gasteiger partial charge is 0.449 e. The van der Waals surface area contributed by atoms with Crippen LogP contribution in [0.2, 0.25) is 0 Å². The van der Waals surface area contributed by atoms with Crippen LogP contribution >= 0.6 is 0 Å². The van der Waals surface area contributed by atoms with E-state index in [2.05, 4.69) is 10.6 Å². The summed E-state index contributed by atoms with van der Waals surface area (Å²) in [5.41, 5.74) is 3.63. The van der Waals surface area contributed by atoms with E-state index >= 15 is 0 Å². The summed E-state index contributed by atoms with van der Waals surface area (Å²) < 4.78 is 10.5. The Kier molecular flexibility index (Phi) is 7.44. The van der Waals surface area contributed by atoms with Crippen LogP contribution in [0, 0.1) is 20.8 Å². The lowest BCUT2D eigenvalue weighted by Gasteiger charge is -2.20. The molecule has 31 heavy (non-hydrogen) atoms. The van der Waals surface area contributed by atoms with Gasteiger partial charge in [-0.1, -0.05) is 23.8 Å². The average molecular weight is 427 g/mol. The van der Waals surface area contributed by atoms with E-state index < -0.39 is 29.7 Å². The number of hydrogen-bond acceptors (Lipinski definition) is 5. The molecule has 0 saturated carbocycles. The van der Waals surface area contributed by atoms with Gasteiger partial charge in [0, 0.05) is 11.4 Å². The summed E-state index contributed by atoms with van der Waals surface area (Å²) in [5.74, 6) is -1.10. The topological polar surface area (TPSA) is 93.7 Å². The first-order valence-electron chi connectivity index (χ1n) is 10.1. The minimum absolute atomic E-state index is 0.205. The first kappa shape index (κ1) is 23.9. The van der Waals surface area contributed by atoms with Crippen LogP contribution in [-0.4, -0.2) is 29.7 Å². The van der Waals surface area contributed by atoms with Crippen LogP contribution in [0.1, 0.15) is 54.7 Å². The molecule has 0 aromatic heterocycles. The molecule has 0 radical (unpaired) electrons. The fraction of sp³-hybridized carbons (Fsp3) is 0.375. The molecular weight excluding hydrogens is 396 g/mol. The molecule has 0 heterocycles. The predicted molar refractivity (Wildman–Crippen MR) is 120 cm³/mol. The predicted octanol–water partition coefficient (Wildman–Crippen LogP) is 5.14. The number of hydrogen-bond donors (Lipinski definition) is 2. The van der Waals surface area contributed by atoms with E-state index in [0.717, 1.165) is 16.7 Å². The van der Waals surface area contributed by atoms with Crippen molar-refractivity contribution in [1.82, 2.24) is 0 Å². The van der Waals surface area contributed by atoms with Gasteiger partial charge in [0.05, 0.1) is 5.56 Å². The number of benzene rings is 2. The maximum atomic E-state index is 12.6. The molecular formula is C24H30N2O5. The van der Waals surface area contributed by atoms with Crippen molar-refractivity contribution in [2.45, 2.75) is 60.2 Å². The third-order valence-corrected chi connectivity index (χ3v) is 4.32.